The Balaban J connectivity index is 1.83. The number of ether oxygens (including phenoxy) is 1. The van der Waals surface area contributed by atoms with E-state index in [0.29, 0.717) is 0 Å². The van der Waals surface area contributed by atoms with Crippen molar-refractivity contribution >= 4 is 0 Å². The average Bonchev–Trinajstić information content (AvgIpc) is 2.38. The second kappa shape index (κ2) is 5.71. The smallest absolute Gasteiger partial charge is 0.0876 e. The summed E-state index contributed by atoms with van der Waals surface area (Å²) in [6.07, 6.45) is 6.10. The second-order valence-electron chi connectivity index (χ2n) is 4.30. The van der Waals surface area contributed by atoms with Crippen LogP contribution in [0.5, 0.6) is 0 Å². The van der Waals surface area contributed by atoms with Crippen molar-refractivity contribution in [2.24, 2.45) is 5.73 Å². The molecular formula is C14H19NO. The van der Waals surface area contributed by atoms with Crippen molar-refractivity contribution in [2.45, 2.75) is 31.7 Å². The third-order valence-corrected chi connectivity index (χ3v) is 3.03. The first kappa shape index (κ1) is 11.2. The average molecular weight is 217 g/mol. The van der Waals surface area contributed by atoms with Gasteiger partial charge in [0.15, 0.2) is 0 Å². The summed E-state index contributed by atoms with van der Waals surface area (Å²) in [4.78, 5) is 0. The van der Waals surface area contributed by atoms with Crippen LogP contribution in [0, 0.1) is 0 Å². The van der Waals surface area contributed by atoms with Crippen LogP contribution in [-0.4, -0.2) is 12.6 Å². The molecule has 0 fully saturated rings. The molecule has 1 aromatic carbocycles. The Bertz CT molecular complexity index is 345. The lowest BCUT2D eigenvalue weighted by Crippen LogP contribution is -2.25. The number of nitrogens with two attached hydrogens (primary N) is 1. The van der Waals surface area contributed by atoms with Crippen LogP contribution in [0.25, 0.3) is 0 Å². The maximum absolute atomic E-state index is 6.15. The molecule has 0 radical (unpaired) electrons. The monoisotopic (exact) mass is 217 g/mol. The molecule has 86 valence electrons. The minimum absolute atomic E-state index is 0.153. The Morgan fingerprint density at radius 3 is 2.75 bits per heavy atom. The van der Waals surface area contributed by atoms with Crippen LogP contribution < -0.4 is 5.73 Å². The van der Waals surface area contributed by atoms with Crippen LogP contribution in [0.1, 0.15) is 24.8 Å². The van der Waals surface area contributed by atoms with Crippen LogP contribution >= 0.6 is 0 Å². The fourth-order valence-corrected chi connectivity index (χ4v) is 2.01. The lowest BCUT2D eigenvalue weighted by Gasteiger charge is -2.19. The molecule has 0 spiro atoms. The SMILES string of the molecule is NC(CCc1ccccc1)C1=COCCC1. The molecule has 1 aromatic rings. The Hall–Kier alpha value is -1.28. The fraction of sp³-hybridized carbons (Fsp3) is 0.429. The molecule has 0 amide bonds. The van der Waals surface area contributed by atoms with Crippen LogP contribution in [0.3, 0.4) is 0 Å². The summed E-state index contributed by atoms with van der Waals surface area (Å²) in [5.74, 6) is 0. The molecule has 2 N–H and O–H groups in total. The summed E-state index contributed by atoms with van der Waals surface area (Å²) in [5.41, 5.74) is 8.77. The van der Waals surface area contributed by atoms with Crippen LogP contribution in [0.4, 0.5) is 0 Å². The number of aryl methyl sites for hydroxylation is 1. The maximum atomic E-state index is 6.15. The summed E-state index contributed by atoms with van der Waals surface area (Å²) in [5, 5.41) is 0. The molecule has 0 saturated carbocycles. The van der Waals surface area contributed by atoms with Gasteiger partial charge >= 0.3 is 0 Å². The van der Waals surface area contributed by atoms with Crippen molar-refractivity contribution in [3.05, 3.63) is 47.7 Å². The Morgan fingerprint density at radius 1 is 1.25 bits per heavy atom. The van der Waals surface area contributed by atoms with E-state index in [0.717, 1.165) is 32.3 Å². The van der Waals surface area contributed by atoms with Gasteiger partial charge in [0.05, 0.1) is 12.9 Å². The van der Waals surface area contributed by atoms with E-state index in [1.54, 1.807) is 0 Å². The molecular weight excluding hydrogens is 198 g/mol. The van der Waals surface area contributed by atoms with Gasteiger partial charge in [0.2, 0.25) is 0 Å². The molecule has 0 aliphatic carbocycles. The molecule has 16 heavy (non-hydrogen) atoms. The minimum Gasteiger partial charge on any atom is -0.501 e. The number of benzene rings is 1. The lowest BCUT2D eigenvalue weighted by molar-refractivity contribution is 0.221. The highest BCUT2D eigenvalue weighted by Gasteiger charge is 2.12. The molecule has 0 bridgehead atoms. The summed E-state index contributed by atoms with van der Waals surface area (Å²) in [7, 11) is 0. The van der Waals surface area contributed by atoms with E-state index >= 15 is 0 Å². The van der Waals surface area contributed by atoms with Crippen molar-refractivity contribution in [3.8, 4) is 0 Å². The first-order valence-corrected chi connectivity index (χ1v) is 5.96. The van der Waals surface area contributed by atoms with Gasteiger partial charge in [-0.05, 0) is 36.8 Å². The van der Waals surface area contributed by atoms with Crippen molar-refractivity contribution in [2.75, 3.05) is 6.61 Å². The molecule has 1 aliphatic rings. The molecule has 1 heterocycles. The summed E-state index contributed by atoms with van der Waals surface area (Å²) in [6.45, 7) is 0.842. The highest BCUT2D eigenvalue weighted by molar-refractivity contribution is 5.16. The van der Waals surface area contributed by atoms with Crippen LogP contribution in [0.15, 0.2) is 42.2 Å². The van der Waals surface area contributed by atoms with Gasteiger partial charge in [-0.1, -0.05) is 30.3 Å². The second-order valence-corrected chi connectivity index (χ2v) is 4.30. The zero-order chi connectivity index (χ0) is 11.2. The zero-order valence-corrected chi connectivity index (χ0v) is 9.56. The molecule has 2 heteroatoms. The van der Waals surface area contributed by atoms with Gasteiger partial charge in [-0.3, -0.25) is 0 Å². The van der Waals surface area contributed by atoms with Crippen molar-refractivity contribution in [3.63, 3.8) is 0 Å². The summed E-state index contributed by atoms with van der Waals surface area (Å²) < 4.78 is 5.31. The fourth-order valence-electron chi connectivity index (χ4n) is 2.01. The third kappa shape index (κ3) is 3.11. The minimum atomic E-state index is 0.153. The topological polar surface area (TPSA) is 35.2 Å². The molecule has 1 atom stereocenters. The van der Waals surface area contributed by atoms with Gasteiger partial charge < -0.3 is 10.5 Å². The number of hydrogen-bond acceptors (Lipinski definition) is 2. The highest BCUT2D eigenvalue weighted by Crippen LogP contribution is 2.17. The van der Waals surface area contributed by atoms with Crippen molar-refractivity contribution < 1.29 is 4.74 Å². The third-order valence-electron chi connectivity index (χ3n) is 3.03. The predicted molar refractivity (Wildman–Crippen MR) is 66.0 cm³/mol. The molecule has 2 rings (SSSR count). The zero-order valence-electron chi connectivity index (χ0n) is 9.56. The first-order valence-electron chi connectivity index (χ1n) is 5.96. The Labute approximate surface area is 97.1 Å². The van der Waals surface area contributed by atoms with Gasteiger partial charge in [0.1, 0.15) is 0 Å². The van der Waals surface area contributed by atoms with Crippen molar-refractivity contribution in [1.29, 1.82) is 0 Å². The van der Waals surface area contributed by atoms with E-state index in [9.17, 15) is 0 Å². The summed E-state index contributed by atoms with van der Waals surface area (Å²) >= 11 is 0. The largest absolute Gasteiger partial charge is 0.501 e. The summed E-state index contributed by atoms with van der Waals surface area (Å²) in [6, 6.07) is 10.6. The standard InChI is InChI=1S/C14H19NO/c15-14(13-7-4-10-16-11-13)9-8-12-5-2-1-3-6-12/h1-3,5-6,11,14H,4,7-10,15H2. The predicted octanol–water partition coefficient (Wildman–Crippen LogP) is 2.64. The van der Waals surface area contributed by atoms with Crippen LogP contribution in [0.2, 0.25) is 0 Å². The van der Waals surface area contributed by atoms with E-state index in [2.05, 4.69) is 24.3 Å². The number of rotatable bonds is 4. The quantitative estimate of drug-likeness (QED) is 0.841. The van der Waals surface area contributed by atoms with Gasteiger partial charge in [-0.2, -0.15) is 0 Å². The maximum Gasteiger partial charge on any atom is 0.0876 e. The van der Waals surface area contributed by atoms with Gasteiger partial charge in [0, 0.05) is 6.04 Å². The first-order chi connectivity index (χ1) is 7.86. The molecule has 0 saturated heterocycles. The van der Waals surface area contributed by atoms with Gasteiger partial charge in [0.25, 0.3) is 0 Å². The van der Waals surface area contributed by atoms with E-state index < -0.39 is 0 Å². The van der Waals surface area contributed by atoms with Crippen LogP contribution in [-0.2, 0) is 11.2 Å². The molecule has 1 unspecified atom stereocenters. The van der Waals surface area contributed by atoms with Gasteiger partial charge in [-0.15, -0.1) is 0 Å². The Morgan fingerprint density at radius 2 is 2.06 bits per heavy atom. The molecule has 1 aliphatic heterocycles. The van der Waals surface area contributed by atoms with E-state index in [-0.39, 0.29) is 6.04 Å². The highest BCUT2D eigenvalue weighted by atomic mass is 16.5. The number of hydrogen-bond donors (Lipinski definition) is 1. The molecule has 2 nitrogen and oxygen atoms in total. The van der Waals surface area contributed by atoms with E-state index in [1.165, 1.54) is 11.1 Å². The Kier molecular flexibility index (Phi) is 4.00. The lowest BCUT2D eigenvalue weighted by atomic mass is 9.97. The van der Waals surface area contributed by atoms with E-state index in [1.807, 2.05) is 12.3 Å². The van der Waals surface area contributed by atoms with Crippen molar-refractivity contribution in [1.82, 2.24) is 0 Å². The van der Waals surface area contributed by atoms with E-state index in [4.69, 9.17) is 10.5 Å². The normalized spacial score (nSPS) is 17.4. The molecule has 0 aromatic heterocycles. The van der Waals surface area contributed by atoms with Gasteiger partial charge in [-0.25, -0.2) is 0 Å².